The maximum atomic E-state index is 11.3. The lowest BCUT2D eigenvalue weighted by Gasteiger charge is -2.15. The van der Waals surface area contributed by atoms with Crippen LogP contribution < -0.4 is 5.32 Å². The first kappa shape index (κ1) is 15.9. The SMILES string of the molecule is CCCC[C@H](Nc1cc(C)nc(-c2ccncc2)n1)C(=O)O. The summed E-state index contributed by atoms with van der Waals surface area (Å²) >= 11 is 0. The van der Waals surface area contributed by atoms with Crippen molar-refractivity contribution in [1.82, 2.24) is 15.0 Å². The van der Waals surface area contributed by atoms with Gasteiger partial charge in [-0.15, -0.1) is 0 Å². The number of hydrogen-bond acceptors (Lipinski definition) is 5. The zero-order chi connectivity index (χ0) is 15.9. The van der Waals surface area contributed by atoms with Crippen LogP contribution in [0.2, 0.25) is 0 Å². The number of carboxylic acids is 1. The van der Waals surface area contributed by atoms with E-state index in [1.54, 1.807) is 18.5 Å². The van der Waals surface area contributed by atoms with Gasteiger partial charge < -0.3 is 10.4 Å². The Balaban J connectivity index is 2.24. The Labute approximate surface area is 129 Å². The predicted molar refractivity (Wildman–Crippen MR) is 84.6 cm³/mol. The molecule has 0 saturated carbocycles. The Morgan fingerprint density at radius 1 is 1.32 bits per heavy atom. The number of carboxylic acid groups (broad SMARTS) is 1. The summed E-state index contributed by atoms with van der Waals surface area (Å²) in [6.07, 6.45) is 5.73. The first-order valence-electron chi connectivity index (χ1n) is 7.35. The molecule has 2 N–H and O–H groups in total. The number of rotatable bonds is 7. The lowest BCUT2D eigenvalue weighted by atomic mass is 10.1. The van der Waals surface area contributed by atoms with Crippen molar-refractivity contribution in [3.63, 3.8) is 0 Å². The molecule has 22 heavy (non-hydrogen) atoms. The number of nitrogens with one attached hydrogen (secondary N) is 1. The molecular formula is C16H20N4O2. The van der Waals surface area contributed by atoms with E-state index in [-0.39, 0.29) is 0 Å². The normalized spacial score (nSPS) is 11.9. The molecule has 0 fully saturated rings. The third-order valence-electron chi connectivity index (χ3n) is 3.26. The highest BCUT2D eigenvalue weighted by Crippen LogP contribution is 2.18. The number of hydrogen-bond donors (Lipinski definition) is 2. The van der Waals surface area contributed by atoms with Crippen molar-refractivity contribution in [2.24, 2.45) is 0 Å². The largest absolute Gasteiger partial charge is 0.480 e. The monoisotopic (exact) mass is 300 g/mol. The fourth-order valence-corrected chi connectivity index (χ4v) is 2.12. The van der Waals surface area contributed by atoms with Crippen LogP contribution in [0.4, 0.5) is 5.82 Å². The van der Waals surface area contributed by atoms with Crippen molar-refractivity contribution in [2.45, 2.75) is 39.2 Å². The minimum Gasteiger partial charge on any atom is -0.480 e. The number of aliphatic carboxylic acids is 1. The minimum absolute atomic E-state index is 0.530. The molecule has 0 saturated heterocycles. The quantitative estimate of drug-likeness (QED) is 0.817. The van der Waals surface area contributed by atoms with Gasteiger partial charge in [-0.05, 0) is 25.5 Å². The Bertz CT molecular complexity index is 631. The standard InChI is InChI=1S/C16H20N4O2/c1-3-4-5-13(16(21)22)19-14-10-11(2)18-15(20-14)12-6-8-17-9-7-12/h6-10,13H,3-5H2,1-2H3,(H,21,22)(H,18,19,20)/t13-/m0/s1. The lowest BCUT2D eigenvalue weighted by Crippen LogP contribution is -2.29. The van der Waals surface area contributed by atoms with Gasteiger partial charge in [0.2, 0.25) is 0 Å². The van der Waals surface area contributed by atoms with E-state index in [1.807, 2.05) is 26.0 Å². The van der Waals surface area contributed by atoms with Gasteiger partial charge in [0.1, 0.15) is 11.9 Å². The van der Waals surface area contributed by atoms with Gasteiger partial charge in [-0.1, -0.05) is 19.8 Å². The molecule has 2 rings (SSSR count). The predicted octanol–water partition coefficient (Wildman–Crippen LogP) is 2.90. The van der Waals surface area contributed by atoms with Crippen LogP contribution in [0, 0.1) is 6.92 Å². The fraction of sp³-hybridized carbons (Fsp3) is 0.375. The van der Waals surface area contributed by atoms with E-state index in [2.05, 4.69) is 20.3 Å². The molecule has 0 aliphatic carbocycles. The van der Waals surface area contributed by atoms with Gasteiger partial charge in [0.05, 0.1) is 0 Å². The molecule has 6 nitrogen and oxygen atoms in total. The summed E-state index contributed by atoms with van der Waals surface area (Å²) in [6, 6.07) is 4.76. The van der Waals surface area contributed by atoms with Crippen LogP contribution in [0.25, 0.3) is 11.4 Å². The summed E-state index contributed by atoms with van der Waals surface area (Å²) < 4.78 is 0. The molecule has 0 radical (unpaired) electrons. The van der Waals surface area contributed by atoms with E-state index in [0.717, 1.165) is 24.1 Å². The summed E-state index contributed by atoms with van der Waals surface area (Å²) in [5, 5.41) is 12.3. The molecule has 2 heterocycles. The third kappa shape index (κ3) is 4.25. The molecule has 0 aliphatic heterocycles. The van der Waals surface area contributed by atoms with Crippen LogP contribution in [-0.2, 0) is 4.79 Å². The van der Waals surface area contributed by atoms with Gasteiger partial charge in [0.15, 0.2) is 5.82 Å². The molecule has 6 heteroatoms. The van der Waals surface area contributed by atoms with E-state index in [0.29, 0.717) is 18.1 Å². The van der Waals surface area contributed by atoms with Crippen LogP contribution >= 0.6 is 0 Å². The van der Waals surface area contributed by atoms with Crippen molar-refractivity contribution in [3.05, 3.63) is 36.3 Å². The second-order valence-corrected chi connectivity index (χ2v) is 5.13. The second kappa shape index (κ2) is 7.49. The van der Waals surface area contributed by atoms with Gasteiger partial charge >= 0.3 is 5.97 Å². The fourth-order valence-electron chi connectivity index (χ4n) is 2.12. The first-order chi connectivity index (χ1) is 10.6. The van der Waals surface area contributed by atoms with Crippen molar-refractivity contribution in [2.75, 3.05) is 5.32 Å². The minimum atomic E-state index is -0.866. The van der Waals surface area contributed by atoms with Crippen LogP contribution in [0.1, 0.15) is 31.9 Å². The van der Waals surface area contributed by atoms with E-state index >= 15 is 0 Å². The van der Waals surface area contributed by atoms with Gasteiger partial charge in [0, 0.05) is 29.7 Å². The second-order valence-electron chi connectivity index (χ2n) is 5.13. The maximum Gasteiger partial charge on any atom is 0.326 e. The number of nitrogens with zero attached hydrogens (tertiary/aromatic N) is 3. The van der Waals surface area contributed by atoms with Gasteiger partial charge in [0.25, 0.3) is 0 Å². The average Bonchev–Trinajstić information content (AvgIpc) is 2.51. The summed E-state index contributed by atoms with van der Waals surface area (Å²) in [4.78, 5) is 24.1. The van der Waals surface area contributed by atoms with Gasteiger partial charge in [-0.2, -0.15) is 0 Å². The van der Waals surface area contributed by atoms with Crippen LogP contribution in [0.5, 0.6) is 0 Å². The molecule has 0 aromatic carbocycles. The Hall–Kier alpha value is -2.50. The molecule has 0 unspecified atom stereocenters. The Morgan fingerprint density at radius 3 is 2.68 bits per heavy atom. The highest BCUT2D eigenvalue weighted by atomic mass is 16.4. The summed E-state index contributed by atoms with van der Waals surface area (Å²) in [5.74, 6) is 0.225. The van der Waals surface area contributed by atoms with Crippen molar-refractivity contribution >= 4 is 11.8 Å². The zero-order valence-electron chi connectivity index (χ0n) is 12.8. The van der Waals surface area contributed by atoms with Crippen molar-refractivity contribution in [3.8, 4) is 11.4 Å². The average molecular weight is 300 g/mol. The zero-order valence-corrected chi connectivity index (χ0v) is 12.8. The van der Waals surface area contributed by atoms with E-state index in [1.165, 1.54) is 0 Å². The van der Waals surface area contributed by atoms with E-state index in [9.17, 15) is 9.90 Å². The molecule has 116 valence electrons. The third-order valence-corrected chi connectivity index (χ3v) is 3.26. The summed E-state index contributed by atoms with van der Waals surface area (Å²) in [7, 11) is 0. The van der Waals surface area contributed by atoms with Crippen LogP contribution in [0.15, 0.2) is 30.6 Å². The molecular weight excluding hydrogens is 280 g/mol. The molecule has 0 bridgehead atoms. The summed E-state index contributed by atoms with van der Waals surface area (Å²) in [5.41, 5.74) is 1.63. The molecule has 0 aliphatic rings. The molecule has 2 aromatic rings. The lowest BCUT2D eigenvalue weighted by molar-refractivity contribution is -0.138. The molecule has 2 aromatic heterocycles. The van der Waals surface area contributed by atoms with E-state index < -0.39 is 12.0 Å². The topological polar surface area (TPSA) is 88.0 Å². The van der Waals surface area contributed by atoms with Crippen molar-refractivity contribution in [1.29, 1.82) is 0 Å². The van der Waals surface area contributed by atoms with Crippen LogP contribution in [-0.4, -0.2) is 32.1 Å². The number of carbonyl (C=O) groups is 1. The maximum absolute atomic E-state index is 11.3. The highest BCUT2D eigenvalue weighted by molar-refractivity contribution is 5.77. The summed E-state index contributed by atoms with van der Waals surface area (Å²) in [6.45, 7) is 3.90. The number of pyridine rings is 1. The smallest absolute Gasteiger partial charge is 0.326 e. The number of unbranched alkanes of at least 4 members (excludes halogenated alkanes) is 1. The number of anilines is 1. The molecule has 0 spiro atoms. The van der Waals surface area contributed by atoms with Crippen molar-refractivity contribution < 1.29 is 9.90 Å². The Kier molecular flexibility index (Phi) is 5.41. The van der Waals surface area contributed by atoms with Crippen LogP contribution in [0.3, 0.4) is 0 Å². The highest BCUT2D eigenvalue weighted by Gasteiger charge is 2.17. The van der Waals surface area contributed by atoms with Gasteiger partial charge in [-0.3, -0.25) is 4.98 Å². The number of aromatic nitrogens is 3. The molecule has 1 atom stereocenters. The van der Waals surface area contributed by atoms with Gasteiger partial charge in [-0.25, -0.2) is 14.8 Å². The number of aryl methyl sites for hydroxylation is 1. The van der Waals surface area contributed by atoms with E-state index in [4.69, 9.17) is 0 Å². The first-order valence-corrected chi connectivity index (χ1v) is 7.35. The molecule has 0 amide bonds. The Morgan fingerprint density at radius 2 is 2.05 bits per heavy atom.